The molecular formula is C14H14N6O4. The molecule has 3 aromatic rings. The Bertz CT molecular complexity index is 946. The van der Waals surface area contributed by atoms with Gasteiger partial charge >= 0.3 is 5.97 Å². The molecule has 10 nitrogen and oxygen atoms in total. The van der Waals surface area contributed by atoms with Crippen LogP contribution in [0.15, 0.2) is 35.4 Å². The number of phenols is 1. The lowest BCUT2D eigenvalue weighted by Crippen LogP contribution is -2.39. The molecule has 0 saturated carbocycles. The van der Waals surface area contributed by atoms with E-state index < -0.39 is 17.6 Å². The third-order valence-electron chi connectivity index (χ3n) is 3.28. The molecule has 0 bridgehead atoms. The van der Waals surface area contributed by atoms with Crippen LogP contribution in [0.4, 0.5) is 5.95 Å². The molecule has 0 radical (unpaired) electrons. The fourth-order valence-electron chi connectivity index (χ4n) is 2.11. The van der Waals surface area contributed by atoms with Gasteiger partial charge in [-0.1, -0.05) is 12.1 Å². The lowest BCUT2D eigenvalue weighted by molar-refractivity contribution is -0.145. The lowest BCUT2D eigenvalue weighted by atomic mass is 10.1. The number of hydrogen-bond donors (Lipinski definition) is 4. The second-order valence-corrected chi connectivity index (χ2v) is 5.08. The summed E-state index contributed by atoms with van der Waals surface area (Å²) in [6.07, 6.45) is 1.35. The van der Waals surface area contributed by atoms with Crippen molar-refractivity contribution in [3.8, 4) is 5.75 Å². The highest BCUT2D eigenvalue weighted by Gasteiger charge is 2.19. The summed E-state index contributed by atoms with van der Waals surface area (Å²) in [5, 5.41) is 9.24. The Morgan fingerprint density at radius 2 is 2.08 bits per heavy atom. The maximum atomic E-state index is 12.1. The van der Waals surface area contributed by atoms with Gasteiger partial charge in [0.25, 0.3) is 5.56 Å². The predicted molar refractivity (Wildman–Crippen MR) is 83.9 cm³/mol. The number of aromatic hydroxyl groups is 1. The van der Waals surface area contributed by atoms with Crippen molar-refractivity contribution in [2.24, 2.45) is 5.73 Å². The maximum Gasteiger partial charge on any atom is 0.349 e. The van der Waals surface area contributed by atoms with Crippen LogP contribution >= 0.6 is 0 Å². The van der Waals surface area contributed by atoms with Gasteiger partial charge < -0.3 is 21.4 Å². The first kappa shape index (κ1) is 15.5. The maximum absolute atomic E-state index is 12.1. The zero-order chi connectivity index (χ0) is 17.3. The van der Waals surface area contributed by atoms with Crippen LogP contribution in [0.1, 0.15) is 5.56 Å². The van der Waals surface area contributed by atoms with E-state index in [-0.39, 0.29) is 29.3 Å². The number of fused-ring (bicyclic) bond motifs is 1. The average molecular weight is 330 g/mol. The number of nitrogen functional groups attached to an aromatic ring is 1. The average Bonchev–Trinajstić information content (AvgIpc) is 2.92. The van der Waals surface area contributed by atoms with Crippen LogP contribution in [0.25, 0.3) is 11.2 Å². The summed E-state index contributed by atoms with van der Waals surface area (Å²) in [5.41, 5.74) is 11.5. The van der Waals surface area contributed by atoms with Crippen molar-refractivity contribution in [3.63, 3.8) is 0 Å². The highest BCUT2D eigenvalue weighted by Crippen LogP contribution is 2.11. The molecule has 0 fully saturated rings. The highest BCUT2D eigenvalue weighted by molar-refractivity contribution is 5.77. The number of phenolic OH excluding ortho intramolecular Hbond substituents is 1. The number of nitrogens with zero attached hydrogens (tertiary/aromatic N) is 3. The van der Waals surface area contributed by atoms with E-state index in [0.29, 0.717) is 0 Å². The number of carbonyl (C=O) groups is 1. The zero-order valence-electron chi connectivity index (χ0n) is 12.3. The van der Waals surface area contributed by atoms with Crippen molar-refractivity contribution in [1.82, 2.24) is 19.7 Å². The number of benzene rings is 1. The number of aromatic amines is 1. The van der Waals surface area contributed by atoms with Gasteiger partial charge in [0, 0.05) is 0 Å². The summed E-state index contributed by atoms with van der Waals surface area (Å²) in [6.45, 7) is 0. The molecule has 10 heteroatoms. The van der Waals surface area contributed by atoms with E-state index in [9.17, 15) is 14.7 Å². The van der Waals surface area contributed by atoms with Gasteiger partial charge in [0.2, 0.25) is 11.6 Å². The van der Waals surface area contributed by atoms with Gasteiger partial charge in [0.15, 0.2) is 5.52 Å². The van der Waals surface area contributed by atoms with E-state index in [1.807, 2.05) is 0 Å². The van der Waals surface area contributed by atoms with E-state index in [4.69, 9.17) is 16.3 Å². The van der Waals surface area contributed by atoms with Crippen LogP contribution in [-0.4, -0.2) is 36.8 Å². The van der Waals surface area contributed by atoms with Crippen molar-refractivity contribution >= 4 is 23.1 Å². The number of hydrogen-bond acceptors (Lipinski definition) is 8. The molecule has 0 spiro atoms. The molecule has 1 aromatic carbocycles. The molecule has 0 aliphatic rings. The quantitative estimate of drug-likeness (QED) is 0.470. The SMILES string of the molecule is Nc1nc2c(ncn2OC(=O)[C@@H](N)Cc2ccc(O)cc2)c(=O)[nH]1. The third kappa shape index (κ3) is 3.03. The molecule has 0 aliphatic carbocycles. The van der Waals surface area contributed by atoms with Crippen LogP contribution in [0.5, 0.6) is 5.75 Å². The topological polar surface area (TPSA) is 162 Å². The summed E-state index contributed by atoms with van der Waals surface area (Å²) in [4.78, 5) is 38.9. The second-order valence-electron chi connectivity index (χ2n) is 5.08. The first-order valence-corrected chi connectivity index (χ1v) is 6.92. The molecule has 0 amide bonds. The van der Waals surface area contributed by atoms with Crippen molar-refractivity contribution in [1.29, 1.82) is 0 Å². The smallest absolute Gasteiger partial charge is 0.349 e. The first-order valence-electron chi connectivity index (χ1n) is 6.92. The molecule has 6 N–H and O–H groups in total. The van der Waals surface area contributed by atoms with E-state index in [1.165, 1.54) is 12.1 Å². The Kier molecular flexibility index (Phi) is 3.88. The number of imidazole rings is 1. The summed E-state index contributed by atoms with van der Waals surface area (Å²) in [7, 11) is 0. The van der Waals surface area contributed by atoms with Crippen molar-refractivity contribution < 1.29 is 14.7 Å². The molecule has 0 saturated heterocycles. The van der Waals surface area contributed by atoms with Gasteiger partial charge in [-0.15, -0.1) is 4.73 Å². The number of rotatable bonds is 4. The summed E-state index contributed by atoms with van der Waals surface area (Å²) < 4.78 is 0.944. The van der Waals surface area contributed by atoms with Gasteiger partial charge in [-0.05, 0) is 24.1 Å². The van der Waals surface area contributed by atoms with Crippen molar-refractivity contribution in [2.45, 2.75) is 12.5 Å². The van der Waals surface area contributed by atoms with Gasteiger partial charge in [0.1, 0.15) is 18.1 Å². The molecule has 1 atom stereocenters. The van der Waals surface area contributed by atoms with Crippen LogP contribution < -0.4 is 21.9 Å². The minimum atomic E-state index is -0.952. The third-order valence-corrected chi connectivity index (χ3v) is 3.28. The monoisotopic (exact) mass is 330 g/mol. The summed E-state index contributed by atoms with van der Waals surface area (Å²) in [6, 6.07) is 5.34. The number of nitrogens with one attached hydrogen (secondary N) is 1. The number of aromatic nitrogens is 4. The Morgan fingerprint density at radius 3 is 2.79 bits per heavy atom. The molecule has 124 valence electrons. The Hall–Kier alpha value is -3.40. The number of anilines is 1. The van der Waals surface area contributed by atoms with Gasteiger partial charge in [-0.2, -0.15) is 4.98 Å². The van der Waals surface area contributed by atoms with E-state index in [0.717, 1.165) is 16.6 Å². The molecule has 0 unspecified atom stereocenters. The molecule has 24 heavy (non-hydrogen) atoms. The Morgan fingerprint density at radius 1 is 1.38 bits per heavy atom. The van der Waals surface area contributed by atoms with Crippen LogP contribution in [0.2, 0.25) is 0 Å². The Labute approximate surface area is 134 Å². The van der Waals surface area contributed by atoms with Crippen molar-refractivity contribution in [3.05, 3.63) is 46.5 Å². The molecule has 2 heterocycles. The van der Waals surface area contributed by atoms with Gasteiger partial charge in [-0.3, -0.25) is 9.78 Å². The largest absolute Gasteiger partial charge is 0.508 e. The van der Waals surface area contributed by atoms with E-state index >= 15 is 0 Å². The van der Waals surface area contributed by atoms with E-state index in [1.54, 1.807) is 12.1 Å². The number of carbonyl (C=O) groups excluding carboxylic acids is 1. The highest BCUT2D eigenvalue weighted by atomic mass is 16.7. The van der Waals surface area contributed by atoms with Crippen LogP contribution in [0.3, 0.4) is 0 Å². The fourth-order valence-corrected chi connectivity index (χ4v) is 2.11. The van der Waals surface area contributed by atoms with Gasteiger partial charge in [-0.25, -0.2) is 9.78 Å². The van der Waals surface area contributed by atoms with E-state index in [2.05, 4.69) is 15.0 Å². The number of nitrogens with two attached hydrogens (primary N) is 2. The van der Waals surface area contributed by atoms with Crippen LogP contribution in [-0.2, 0) is 11.2 Å². The van der Waals surface area contributed by atoms with Gasteiger partial charge in [0.05, 0.1) is 0 Å². The molecule has 0 aliphatic heterocycles. The standard InChI is InChI=1S/C14H14N6O4/c15-9(5-7-1-3-8(21)4-2-7)13(23)24-20-6-17-10-11(20)18-14(16)19-12(10)22/h1-4,6,9,21H,5,15H2,(H3,16,18,19,22)/t9-/m0/s1. The second kappa shape index (κ2) is 6.01. The molecule has 3 rings (SSSR count). The summed E-state index contributed by atoms with van der Waals surface area (Å²) >= 11 is 0. The summed E-state index contributed by atoms with van der Waals surface area (Å²) in [5.74, 6) is -0.740. The normalized spacial score (nSPS) is 12.2. The number of H-pyrrole nitrogens is 1. The first-order chi connectivity index (χ1) is 11.4. The Balaban J connectivity index is 1.77. The molecule has 2 aromatic heterocycles. The molecular weight excluding hydrogens is 316 g/mol. The lowest BCUT2D eigenvalue weighted by Gasteiger charge is -2.11. The minimum absolute atomic E-state index is 0.0101. The zero-order valence-corrected chi connectivity index (χ0v) is 12.3. The predicted octanol–water partition coefficient (Wildman–Crippen LogP) is -1.07. The van der Waals surface area contributed by atoms with Crippen LogP contribution in [0, 0.1) is 0 Å². The fraction of sp³-hybridized carbons (Fsp3) is 0.143. The van der Waals surface area contributed by atoms with Crippen molar-refractivity contribution in [2.75, 3.05) is 5.73 Å². The minimum Gasteiger partial charge on any atom is -0.508 e.